The first-order valence-electron chi connectivity index (χ1n) is 12.4. The number of non-ortho nitro benzene ring substituents is 1. The maximum absolute atomic E-state index is 13.3. The molecule has 0 saturated carbocycles. The molecule has 3 heterocycles. The minimum atomic E-state index is -0.438. The average molecular weight is 507 g/mol. The van der Waals surface area contributed by atoms with Crippen LogP contribution >= 0.6 is 0 Å². The molecular formula is C29H26N6O3. The number of carbonyl (C=O) groups is 1. The number of benzene rings is 3. The van der Waals surface area contributed by atoms with Crippen molar-refractivity contribution in [3.05, 3.63) is 105 Å². The number of nitrogens with one attached hydrogen (secondary N) is 1. The Labute approximate surface area is 219 Å². The Balaban J connectivity index is 1.58. The van der Waals surface area contributed by atoms with Crippen molar-refractivity contribution in [2.24, 2.45) is 4.99 Å². The normalized spacial score (nSPS) is 16.2. The van der Waals surface area contributed by atoms with Gasteiger partial charge in [-0.3, -0.25) is 14.9 Å². The number of nitrogens with zero attached hydrogens (tertiary/aromatic N) is 5. The largest absolute Gasteiger partial charge is 0.317 e. The van der Waals surface area contributed by atoms with Gasteiger partial charge in [0.25, 0.3) is 11.6 Å². The molecule has 1 atom stereocenters. The minimum Gasteiger partial charge on any atom is -0.317 e. The second-order valence-corrected chi connectivity index (χ2v) is 10.6. The van der Waals surface area contributed by atoms with Crippen LogP contribution in [0.1, 0.15) is 49.2 Å². The average Bonchev–Trinajstić information content (AvgIpc) is 3.23. The van der Waals surface area contributed by atoms with E-state index in [9.17, 15) is 14.9 Å². The summed E-state index contributed by atoms with van der Waals surface area (Å²) in [5.41, 5.74) is 6.02. The molecule has 4 aromatic rings. The van der Waals surface area contributed by atoms with Gasteiger partial charge in [0.15, 0.2) is 5.82 Å². The number of amides is 1. The van der Waals surface area contributed by atoms with E-state index in [1.54, 1.807) is 16.8 Å². The third-order valence-corrected chi connectivity index (χ3v) is 7.07. The van der Waals surface area contributed by atoms with E-state index in [4.69, 9.17) is 10.1 Å². The molecule has 1 unspecified atom stereocenters. The fourth-order valence-electron chi connectivity index (χ4n) is 5.12. The van der Waals surface area contributed by atoms with Crippen molar-refractivity contribution >= 4 is 34.6 Å². The van der Waals surface area contributed by atoms with Crippen LogP contribution in [-0.2, 0) is 10.2 Å². The van der Waals surface area contributed by atoms with E-state index in [1.807, 2.05) is 36.1 Å². The first-order chi connectivity index (χ1) is 18.1. The second-order valence-electron chi connectivity index (χ2n) is 10.6. The summed E-state index contributed by atoms with van der Waals surface area (Å²) in [6.07, 6.45) is 0. The number of nitro benzene ring substituents is 1. The number of fused-ring (bicyclic) bond motifs is 4. The Kier molecular flexibility index (Phi) is 5.20. The summed E-state index contributed by atoms with van der Waals surface area (Å²) in [6, 6.07) is 22.0. The summed E-state index contributed by atoms with van der Waals surface area (Å²) in [5.74, 6) is 0.492. The summed E-state index contributed by atoms with van der Waals surface area (Å²) in [5, 5.41) is 18.9. The van der Waals surface area contributed by atoms with Crippen molar-refractivity contribution in [2.75, 3.05) is 10.2 Å². The minimum absolute atomic E-state index is 0.00277. The molecule has 38 heavy (non-hydrogen) atoms. The number of hydrogen-bond donors (Lipinski definition) is 1. The summed E-state index contributed by atoms with van der Waals surface area (Å²) < 4.78 is 1.66. The summed E-state index contributed by atoms with van der Waals surface area (Å²) in [4.78, 5) is 30.9. The van der Waals surface area contributed by atoms with E-state index in [-0.39, 0.29) is 28.9 Å². The van der Waals surface area contributed by atoms with Gasteiger partial charge in [-0.25, -0.2) is 9.67 Å². The molecule has 0 radical (unpaired) electrons. The maximum atomic E-state index is 13.3. The zero-order valence-corrected chi connectivity index (χ0v) is 21.5. The van der Waals surface area contributed by atoms with Gasteiger partial charge in [0.2, 0.25) is 5.84 Å². The third-order valence-electron chi connectivity index (χ3n) is 7.07. The number of amidine groups is 1. The molecule has 0 fully saturated rings. The third kappa shape index (κ3) is 3.66. The van der Waals surface area contributed by atoms with Crippen molar-refractivity contribution in [3.63, 3.8) is 0 Å². The summed E-state index contributed by atoms with van der Waals surface area (Å²) >= 11 is 0. The van der Waals surface area contributed by atoms with Gasteiger partial charge in [0, 0.05) is 17.7 Å². The molecule has 2 aliphatic rings. The molecule has 1 aromatic heterocycles. The number of nitro groups is 1. The molecule has 2 aliphatic heterocycles. The van der Waals surface area contributed by atoms with E-state index in [0.717, 1.165) is 28.2 Å². The maximum Gasteiger partial charge on any atom is 0.291 e. The van der Waals surface area contributed by atoms with Crippen molar-refractivity contribution in [2.45, 2.75) is 39.2 Å². The Morgan fingerprint density at radius 3 is 2.32 bits per heavy atom. The Hall–Kier alpha value is -4.79. The highest BCUT2D eigenvalue weighted by atomic mass is 16.6. The van der Waals surface area contributed by atoms with Crippen LogP contribution in [0, 0.1) is 17.0 Å². The van der Waals surface area contributed by atoms with Gasteiger partial charge in [-0.1, -0.05) is 57.2 Å². The highest BCUT2D eigenvalue weighted by Gasteiger charge is 2.42. The molecule has 1 amide bonds. The quantitative estimate of drug-likeness (QED) is 0.272. The van der Waals surface area contributed by atoms with Crippen LogP contribution < -0.4 is 10.2 Å². The van der Waals surface area contributed by atoms with E-state index < -0.39 is 4.92 Å². The van der Waals surface area contributed by atoms with Gasteiger partial charge in [-0.2, -0.15) is 5.10 Å². The zero-order chi connectivity index (χ0) is 26.8. The van der Waals surface area contributed by atoms with Gasteiger partial charge in [0.1, 0.15) is 0 Å². The molecule has 9 heteroatoms. The Morgan fingerprint density at radius 1 is 0.974 bits per heavy atom. The summed E-state index contributed by atoms with van der Waals surface area (Å²) in [7, 11) is 0. The molecule has 6 rings (SSSR count). The Bertz CT molecular complexity index is 1630. The van der Waals surface area contributed by atoms with Crippen molar-refractivity contribution in [1.82, 2.24) is 9.78 Å². The van der Waals surface area contributed by atoms with Crippen LogP contribution in [0.25, 0.3) is 5.69 Å². The lowest BCUT2D eigenvalue weighted by Crippen LogP contribution is -2.48. The standard InChI is InChI=1S/C29H26N6O3/c1-17-24-25(18-9-11-19(12-10-18)29(2,3)4)33-23-8-6-5-7-22(23)30-28(36)27(33)31-26(24)34(32-17)20-13-15-21(16-14-20)35(37)38/h5-16,25H,1-4H3,(H,30,36). The highest BCUT2D eigenvalue weighted by molar-refractivity contribution is 6.50. The molecule has 190 valence electrons. The van der Waals surface area contributed by atoms with Gasteiger partial charge in [-0.15, -0.1) is 0 Å². The lowest BCUT2D eigenvalue weighted by Gasteiger charge is -2.40. The van der Waals surface area contributed by atoms with Crippen molar-refractivity contribution < 1.29 is 9.72 Å². The topological polar surface area (TPSA) is 106 Å². The number of rotatable bonds is 3. The number of aromatic nitrogens is 2. The number of aliphatic imine (C=N–C) groups is 1. The number of anilines is 2. The van der Waals surface area contributed by atoms with Gasteiger partial charge < -0.3 is 10.2 Å². The number of carbonyl (C=O) groups excluding carboxylic acids is 1. The second kappa shape index (κ2) is 8.37. The predicted molar refractivity (Wildman–Crippen MR) is 147 cm³/mol. The van der Waals surface area contributed by atoms with Gasteiger partial charge in [0.05, 0.1) is 33.7 Å². The highest BCUT2D eigenvalue weighted by Crippen LogP contribution is 2.47. The first-order valence-corrected chi connectivity index (χ1v) is 12.4. The molecule has 0 saturated heterocycles. The molecule has 9 nitrogen and oxygen atoms in total. The van der Waals surface area contributed by atoms with Gasteiger partial charge in [-0.05, 0) is 47.7 Å². The van der Waals surface area contributed by atoms with E-state index in [1.165, 1.54) is 17.7 Å². The van der Waals surface area contributed by atoms with Crippen LogP contribution in [0.5, 0.6) is 0 Å². The van der Waals surface area contributed by atoms with Crippen molar-refractivity contribution in [3.8, 4) is 5.69 Å². The number of aryl methyl sites for hydroxylation is 1. The predicted octanol–water partition coefficient (Wildman–Crippen LogP) is 5.98. The lowest BCUT2D eigenvalue weighted by molar-refractivity contribution is -0.384. The van der Waals surface area contributed by atoms with Crippen LogP contribution in [0.15, 0.2) is 77.8 Å². The monoisotopic (exact) mass is 506 g/mol. The summed E-state index contributed by atoms with van der Waals surface area (Å²) in [6.45, 7) is 8.45. The van der Waals surface area contributed by atoms with E-state index >= 15 is 0 Å². The molecule has 0 spiro atoms. The lowest BCUT2D eigenvalue weighted by atomic mass is 9.85. The molecule has 0 aliphatic carbocycles. The fourth-order valence-corrected chi connectivity index (χ4v) is 5.12. The number of para-hydroxylation sites is 2. The van der Waals surface area contributed by atoms with Crippen LogP contribution in [0.4, 0.5) is 22.9 Å². The smallest absolute Gasteiger partial charge is 0.291 e. The molecule has 1 N–H and O–H groups in total. The first kappa shape index (κ1) is 23.6. The Morgan fingerprint density at radius 2 is 1.66 bits per heavy atom. The number of hydrogen-bond acceptors (Lipinski definition) is 6. The van der Waals surface area contributed by atoms with E-state index in [0.29, 0.717) is 11.5 Å². The SMILES string of the molecule is Cc1nn(-c2ccc([N+](=O)[O-])cc2)c2c1C(c1ccc(C(C)(C)C)cc1)N1C(=N2)C(=O)Nc2ccccc21. The zero-order valence-electron chi connectivity index (χ0n) is 21.5. The van der Waals surface area contributed by atoms with E-state index in [2.05, 4.69) is 50.4 Å². The molecule has 0 bridgehead atoms. The molecule has 3 aromatic carbocycles. The molecular weight excluding hydrogens is 480 g/mol. The van der Waals surface area contributed by atoms with Gasteiger partial charge >= 0.3 is 0 Å². The van der Waals surface area contributed by atoms with Crippen LogP contribution in [-0.4, -0.2) is 26.4 Å². The fraction of sp³-hybridized carbons (Fsp3) is 0.207. The van der Waals surface area contributed by atoms with Crippen LogP contribution in [0.3, 0.4) is 0 Å². The van der Waals surface area contributed by atoms with Crippen molar-refractivity contribution in [1.29, 1.82) is 0 Å². The van der Waals surface area contributed by atoms with Crippen LogP contribution in [0.2, 0.25) is 0 Å².